The second-order valence-corrected chi connectivity index (χ2v) is 9.00. The van der Waals surface area contributed by atoms with Crippen LogP contribution in [-0.2, 0) is 14.6 Å². The number of hydrogen-bond acceptors (Lipinski definition) is 7. The number of nitrogens with zero attached hydrogens (tertiary/aromatic N) is 3. The van der Waals surface area contributed by atoms with E-state index in [0.29, 0.717) is 6.54 Å². The van der Waals surface area contributed by atoms with Crippen LogP contribution in [0.1, 0.15) is 11.6 Å². The first-order valence-electron chi connectivity index (χ1n) is 9.08. The minimum atomic E-state index is -4.24. The van der Waals surface area contributed by atoms with Gasteiger partial charge in [0.15, 0.2) is 5.76 Å². The summed E-state index contributed by atoms with van der Waals surface area (Å²) >= 11 is 0. The summed E-state index contributed by atoms with van der Waals surface area (Å²) in [6, 6.07) is 11.7. The molecule has 0 unspecified atom stereocenters. The largest absolute Gasteiger partial charge is 0.502 e. The number of aliphatic hydroxyl groups is 1. The molecule has 0 aliphatic carbocycles. The van der Waals surface area contributed by atoms with Crippen molar-refractivity contribution in [3.05, 3.63) is 80.9 Å². The molecule has 1 heterocycles. The highest BCUT2D eigenvalue weighted by Gasteiger charge is 2.46. The van der Waals surface area contributed by atoms with E-state index >= 15 is 0 Å². The van der Waals surface area contributed by atoms with Crippen LogP contribution in [0.25, 0.3) is 0 Å². The summed E-state index contributed by atoms with van der Waals surface area (Å²) in [6.07, 6.45) is 0. The summed E-state index contributed by atoms with van der Waals surface area (Å²) in [5.41, 5.74) is -0.00906. The summed E-state index contributed by atoms with van der Waals surface area (Å²) in [7, 11) is -0.660. The quantitative estimate of drug-likeness (QED) is 0.527. The smallest absolute Gasteiger partial charge is 0.290 e. The molecule has 30 heavy (non-hydrogen) atoms. The van der Waals surface area contributed by atoms with E-state index in [0.717, 1.165) is 0 Å². The average molecular weight is 431 g/mol. The minimum Gasteiger partial charge on any atom is -0.502 e. The van der Waals surface area contributed by atoms with Crippen LogP contribution in [-0.4, -0.2) is 61.3 Å². The molecule has 1 atom stereocenters. The van der Waals surface area contributed by atoms with Crippen molar-refractivity contribution in [3.63, 3.8) is 0 Å². The molecule has 10 heteroatoms. The Morgan fingerprint density at radius 1 is 1.13 bits per heavy atom. The van der Waals surface area contributed by atoms with E-state index in [4.69, 9.17) is 0 Å². The Morgan fingerprint density at radius 3 is 2.40 bits per heavy atom. The molecule has 3 rings (SSSR count). The molecule has 0 spiro atoms. The normalized spacial score (nSPS) is 17.1. The van der Waals surface area contributed by atoms with Gasteiger partial charge in [0.1, 0.15) is 4.91 Å². The van der Waals surface area contributed by atoms with Gasteiger partial charge < -0.3 is 14.9 Å². The first-order chi connectivity index (χ1) is 14.1. The van der Waals surface area contributed by atoms with Crippen molar-refractivity contribution < 1.29 is 23.2 Å². The van der Waals surface area contributed by atoms with Crippen molar-refractivity contribution in [2.45, 2.75) is 10.9 Å². The Labute approximate surface area is 173 Å². The molecule has 9 nitrogen and oxygen atoms in total. The maximum Gasteiger partial charge on any atom is 0.290 e. The molecule has 0 radical (unpaired) electrons. The van der Waals surface area contributed by atoms with Gasteiger partial charge in [-0.15, -0.1) is 0 Å². The highest BCUT2D eigenvalue weighted by Crippen LogP contribution is 2.42. The van der Waals surface area contributed by atoms with Crippen LogP contribution in [0.2, 0.25) is 0 Å². The van der Waals surface area contributed by atoms with E-state index < -0.39 is 37.4 Å². The Hall–Kier alpha value is -3.24. The molecule has 1 amide bonds. The van der Waals surface area contributed by atoms with Gasteiger partial charge in [0.2, 0.25) is 9.84 Å². The number of carbonyl (C=O) groups excluding carboxylic acids is 1. The Balaban J connectivity index is 2.19. The van der Waals surface area contributed by atoms with Crippen molar-refractivity contribution >= 4 is 21.4 Å². The van der Waals surface area contributed by atoms with Gasteiger partial charge in [0.05, 0.1) is 15.9 Å². The number of benzene rings is 2. The molecular weight excluding hydrogens is 410 g/mol. The van der Waals surface area contributed by atoms with Crippen LogP contribution in [0, 0.1) is 10.1 Å². The molecular formula is C20H21N3O6S. The van der Waals surface area contributed by atoms with E-state index in [1.54, 1.807) is 25.1 Å². The van der Waals surface area contributed by atoms with Crippen LogP contribution >= 0.6 is 0 Å². The number of rotatable bonds is 7. The lowest BCUT2D eigenvalue weighted by atomic mass is 10.1. The third kappa shape index (κ3) is 3.91. The van der Waals surface area contributed by atoms with E-state index in [-0.39, 0.29) is 22.7 Å². The number of hydrogen-bond donors (Lipinski definition) is 1. The fraction of sp³-hybridized carbons (Fsp3) is 0.250. The zero-order valence-electron chi connectivity index (χ0n) is 16.4. The molecule has 1 aliphatic rings. The number of aliphatic hydroxyl groups excluding tert-OH is 1. The second kappa shape index (κ2) is 8.25. The minimum absolute atomic E-state index is 0.0794. The maximum atomic E-state index is 13.3. The van der Waals surface area contributed by atoms with E-state index in [1.807, 2.05) is 0 Å². The molecule has 1 aliphatic heterocycles. The van der Waals surface area contributed by atoms with Crippen LogP contribution in [0.5, 0.6) is 0 Å². The van der Waals surface area contributed by atoms with Gasteiger partial charge in [0, 0.05) is 25.2 Å². The molecule has 2 aromatic rings. The van der Waals surface area contributed by atoms with E-state index in [2.05, 4.69) is 0 Å². The fourth-order valence-electron chi connectivity index (χ4n) is 3.31. The molecule has 0 saturated heterocycles. The molecule has 0 bridgehead atoms. The molecule has 1 N–H and O–H groups in total. The van der Waals surface area contributed by atoms with Gasteiger partial charge in [-0.3, -0.25) is 14.9 Å². The summed E-state index contributed by atoms with van der Waals surface area (Å²) in [4.78, 5) is 25.9. The van der Waals surface area contributed by atoms with Crippen LogP contribution < -0.4 is 0 Å². The summed E-state index contributed by atoms with van der Waals surface area (Å²) < 4.78 is 26.7. The number of nitro groups is 1. The third-order valence-corrected chi connectivity index (χ3v) is 6.67. The molecule has 158 valence electrons. The maximum absolute atomic E-state index is 13.3. The van der Waals surface area contributed by atoms with Crippen LogP contribution in [0.3, 0.4) is 0 Å². The highest BCUT2D eigenvalue weighted by molar-refractivity contribution is 7.95. The van der Waals surface area contributed by atoms with Gasteiger partial charge in [0.25, 0.3) is 11.6 Å². The van der Waals surface area contributed by atoms with Gasteiger partial charge in [-0.2, -0.15) is 0 Å². The lowest BCUT2D eigenvalue weighted by Gasteiger charge is -2.28. The van der Waals surface area contributed by atoms with Crippen molar-refractivity contribution in [1.82, 2.24) is 9.80 Å². The first-order valence-corrected chi connectivity index (χ1v) is 10.6. The van der Waals surface area contributed by atoms with Gasteiger partial charge >= 0.3 is 0 Å². The predicted octanol–water partition coefficient (Wildman–Crippen LogP) is 2.28. The lowest BCUT2D eigenvalue weighted by Crippen LogP contribution is -2.36. The third-order valence-electron chi connectivity index (χ3n) is 4.78. The topological polar surface area (TPSA) is 121 Å². The highest BCUT2D eigenvalue weighted by atomic mass is 32.2. The second-order valence-electron chi connectivity index (χ2n) is 7.09. The van der Waals surface area contributed by atoms with E-state index in [1.165, 1.54) is 53.4 Å². The van der Waals surface area contributed by atoms with Crippen LogP contribution in [0.4, 0.5) is 5.69 Å². The van der Waals surface area contributed by atoms with Crippen LogP contribution in [0.15, 0.2) is 70.2 Å². The summed E-state index contributed by atoms with van der Waals surface area (Å²) in [5, 5.41) is 21.8. The summed E-state index contributed by atoms with van der Waals surface area (Å²) in [5.74, 6) is -1.70. The molecule has 0 fully saturated rings. The van der Waals surface area contributed by atoms with Gasteiger partial charge in [-0.05, 0) is 31.8 Å². The van der Waals surface area contributed by atoms with Gasteiger partial charge in [-0.25, -0.2) is 8.42 Å². The number of sulfone groups is 1. The number of nitro benzene ring substituents is 1. The number of carbonyl (C=O) groups is 1. The molecule has 0 aromatic heterocycles. The Bertz CT molecular complexity index is 1110. The van der Waals surface area contributed by atoms with Crippen molar-refractivity contribution in [1.29, 1.82) is 0 Å². The SMILES string of the molecule is CN(C)CCN1C(=O)C(O)=C(S(=O)(=O)c2ccccc2)[C@@H]1c1cccc([N+](=O)[O-])c1. The van der Waals surface area contributed by atoms with Crippen molar-refractivity contribution in [3.8, 4) is 0 Å². The van der Waals surface area contributed by atoms with Crippen molar-refractivity contribution in [2.24, 2.45) is 0 Å². The fourth-order valence-corrected chi connectivity index (χ4v) is 4.98. The predicted molar refractivity (Wildman–Crippen MR) is 109 cm³/mol. The standard InChI is InChI=1S/C20H21N3O6S/c1-21(2)11-12-22-17(14-7-6-8-15(13-14)23(26)27)19(18(24)20(22)25)30(28,29)16-9-4-3-5-10-16/h3-10,13,17,24H,11-12H2,1-2H3/t17-/m0/s1. The zero-order valence-corrected chi connectivity index (χ0v) is 17.2. The summed E-state index contributed by atoms with van der Waals surface area (Å²) in [6.45, 7) is 0.528. The number of likely N-dealkylation sites (N-methyl/N-ethyl adjacent to an activating group) is 1. The van der Waals surface area contributed by atoms with E-state index in [9.17, 15) is 28.4 Å². The lowest BCUT2D eigenvalue weighted by molar-refractivity contribution is -0.384. The Kier molecular flexibility index (Phi) is 5.90. The monoisotopic (exact) mass is 431 g/mol. The molecule has 0 saturated carbocycles. The molecule has 2 aromatic carbocycles. The zero-order chi connectivity index (χ0) is 22.1. The van der Waals surface area contributed by atoms with Crippen molar-refractivity contribution in [2.75, 3.05) is 27.2 Å². The number of amides is 1. The first kappa shape index (κ1) is 21.5. The number of non-ortho nitro benzene ring substituents is 1. The average Bonchev–Trinajstić information content (AvgIpc) is 2.98. The van der Waals surface area contributed by atoms with Gasteiger partial charge in [-0.1, -0.05) is 30.3 Å². The Morgan fingerprint density at radius 2 is 1.80 bits per heavy atom.